The molecule has 2 atom stereocenters. The number of nitrogens with zero attached hydrogens (tertiary/aromatic N) is 2. The minimum absolute atomic E-state index is 0.175. The topological polar surface area (TPSA) is 96.4 Å². The number of carbonyl (C=O) groups is 3. The van der Waals surface area contributed by atoms with Gasteiger partial charge in [-0.05, 0) is 31.7 Å². The van der Waals surface area contributed by atoms with Crippen molar-refractivity contribution in [3.8, 4) is 0 Å². The van der Waals surface area contributed by atoms with Gasteiger partial charge in [-0.25, -0.2) is 9.59 Å². The van der Waals surface area contributed by atoms with Gasteiger partial charge in [0.25, 0.3) is 0 Å². The smallest absolute Gasteiger partial charge is 0.410 e. The molecule has 0 spiro atoms. The molecule has 1 aliphatic heterocycles. The highest BCUT2D eigenvalue weighted by Crippen LogP contribution is 2.21. The van der Waals surface area contributed by atoms with Crippen molar-refractivity contribution in [3.63, 3.8) is 0 Å². The maximum Gasteiger partial charge on any atom is 0.410 e. The second-order valence-electron chi connectivity index (χ2n) is 7.22. The molecule has 8 heteroatoms. The van der Waals surface area contributed by atoms with E-state index >= 15 is 0 Å². The van der Waals surface area contributed by atoms with Gasteiger partial charge in [0.15, 0.2) is 0 Å². The minimum atomic E-state index is -1.05. The summed E-state index contributed by atoms with van der Waals surface area (Å²) in [4.78, 5) is 39.8. The number of aliphatic carboxylic acids is 1. The Kier molecular flexibility index (Phi) is 8.92. The lowest BCUT2D eigenvalue weighted by molar-refractivity contribution is -0.152. The van der Waals surface area contributed by atoms with Crippen molar-refractivity contribution in [2.75, 3.05) is 33.4 Å². The summed E-state index contributed by atoms with van der Waals surface area (Å²) >= 11 is 0. The zero-order valence-electron chi connectivity index (χ0n) is 17.1. The van der Waals surface area contributed by atoms with E-state index < -0.39 is 24.0 Å². The number of likely N-dealkylation sites (tertiary alicyclic amines) is 1. The average Bonchev–Trinajstić information content (AvgIpc) is 2.75. The van der Waals surface area contributed by atoms with Crippen molar-refractivity contribution >= 4 is 18.0 Å². The van der Waals surface area contributed by atoms with E-state index in [1.54, 1.807) is 7.11 Å². The van der Waals surface area contributed by atoms with Gasteiger partial charge in [0.2, 0.25) is 5.91 Å². The molecule has 1 heterocycles. The maximum atomic E-state index is 13.0. The Balaban J connectivity index is 1.96. The van der Waals surface area contributed by atoms with Crippen LogP contribution in [0.15, 0.2) is 30.3 Å². The van der Waals surface area contributed by atoms with Crippen LogP contribution < -0.4 is 0 Å². The minimum Gasteiger partial charge on any atom is -0.480 e. The van der Waals surface area contributed by atoms with E-state index in [4.69, 9.17) is 9.47 Å². The molecular formula is C21H30N2O6. The lowest BCUT2D eigenvalue weighted by Gasteiger charge is -2.35. The number of carboxylic acid groups (broad SMARTS) is 1. The summed E-state index contributed by atoms with van der Waals surface area (Å²) in [7, 11) is 1.56. The molecule has 1 aromatic carbocycles. The van der Waals surface area contributed by atoms with Crippen LogP contribution in [0.5, 0.6) is 0 Å². The largest absolute Gasteiger partial charge is 0.480 e. The summed E-state index contributed by atoms with van der Waals surface area (Å²) < 4.78 is 10.4. The first-order valence-corrected chi connectivity index (χ1v) is 9.92. The average molecular weight is 406 g/mol. The van der Waals surface area contributed by atoms with Crippen LogP contribution in [-0.2, 0) is 25.7 Å². The number of piperidine rings is 1. The van der Waals surface area contributed by atoms with Crippen molar-refractivity contribution in [1.29, 1.82) is 0 Å². The molecule has 29 heavy (non-hydrogen) atoms. The molecule has 1 N–H and O–H groups in total. The van der Waals surface area contributed by atoms with Crippen molar-refractivity contribution in [1.82, 2.24) is 9.80 Å². The number of hydrogen-bond acceptors (Lipinski definition) is 5. The highest BCUT2D eigenvalue weighted by molar-refractivity contribution is 5.85. The predicted octanol–water partition coefficient (Wildman–Crippen LogP) is 2.37. The van der Waals surface area contributed by atoms with Gasteiger partial charge in [-0.1, -0.05) is 30.3 Å². The molecule has 2 rings (SSSR count). The molecule has 2 unspecified atom stereocenters. The number of methoxy groups -OCH3 is 1. The van der Waals surface area contributed by atoms with Crippen LogP contribution >= 0.6 is 0 Å². The van der Waals surface area contributed by atoms with Crippen LogP contribution in [-0.4, -0.2) is 72.3 Å². The Morgan fingerprint density at radius 3 is 2.66 bits per heavy atom. The quantitative estimate of drug-likeness (QED) is 0.633. The van der Waals surface area contributed by atoms with E-state index in [1.165, 1.54) is 16.7 Å². The molecule has 1 aromatic rings. The molecule has 1 aliphatic rings. The van der Waals surface area contributed by atoms with Crippen LogP contribution in [0.25, 0.3) is 0 Å². The summed E-state index contributed by atoms with van der Waals surface area (Å²) in [6.07, 6.45) is 1.39. The normalized spacial score (nSPS) is 17.4. The molecule has 0 radical (unpaired) electrons. The fraction of sp³-hybridized carbons (Fsp3) is 0.571. The number of carboxylic acids is 1. The van der Waals surface area contributed by atoms with Crippen molar-refractivity contribution in [3.05, 3.63) is 35.9 Å². The molecule has 1 fully saturated rings. The Hall–Kier alpha value is -2.61. The van der Waals surface area contributed by atoms with E-state index in [-0.39, 0.29) is 19.1 Å². The van der Waals surface area contributed by atoms with Crippen molar-refractivity contribution in [2.24, 2.45) is 5.92 Å². The zero-order chi connectivity index (χ0) is 21.2. The van der Waals surface area contributed by atoms with Crippen LogP contribution in [0.2, 0.25) is 0 Å². The van der Waals surface area contributed by atoms with E-state index in [0.717, 1.165) is 5.56 Å². The maximum absolute atomic E-state index is 13.0. The standard InChI is InChI=1S/C21H30N2O6/c1-16(20(25)26)23(12-7-13-28-2)19(24)18-10-6-11-22(14-18)21(27)29-15-17-8-4-3-5-9-17/h3-5,8-9,16,18H,6-7,10-15H2,1-2H3,(H,25,26). The zero-order valence-corrected chi connectivity index (χ0v) is 17.1. The van der Waals surface area contributed by atoms with E-state index in [9.17, 15) is 19.5 Å². The number of hydrogen-bond donors (Lipinski definition) is 1. The monoisotopic (exact) mass is 406 g/mol. The van der Waals surface area contributed by atoms with Gasteiger partial charge in [-0.15, -0.1) is 0 Å². The Morgan fingerprint density at radius 2 is 2.00 bits per heavy atom. The number of benzene rings is 1. The molecule has 0 aliphatic carbocycles. The Labute approximate surface area is 171 Å². The van der Waals surface area contributed by atoms with Crippen LogP contribution in [0, 0.1) is 5.92 Å². The first-order chi connectivity index (χ1) is 13.9. The SMILES string of the molecule is COCCCN(C(=O)C1CCCN(C(=O)OCc2ccccc2)C1)C(C)C(=O)O. The predicted molar refractivity (Wildman–Crippen MR) is 106 cm³/mol. The lowest BCUT2D eigenvalue weighted by Crippen LogP contribution is -2.51. The van der Waals surface area contributed by atoms with Gasteiger partial charge in [-0.2, -0.15) is 0 Å². The Morgan fingerprint density at radius 1 is 1.28 bits per heavy atom. The number of ether oxygens (including phenoxy) is 2. The van der Waals surface area contributed by atoms with Gasteiger partial charge < -0.3 is 24.4 Å². The molecular weight excluding hydrogens is 376 g/mol. The second-order valence-corrected chi connectivity index (χ2v) is 7.22. The molecule has 160 valence electrons. The van der Waals surface area contributed by atoms with Crippen LogP contribution in [0.1, 0.15) is 31.7 Å². The Bertz CT molecular complexity index is 681. The highest BCUT2D eigenvalue weighted by Gasteiger charge is 2.35. The summed E-state index contributed by atoms with van der Waals surface area (Å²) in [5, 5.41) is 9.36. The van der Waals surface area contributed by atoms with Gasteiger partial charge in [0.1, 0.15) is 12.6 Å². The fourth-order valence-electron chi connectivity index (χ4n) is 3.40. The summed E-state index contributed by atoms with van der Waals surface area (Å²) in [6.45, 7) is 3.18. The molecule has 0 aromatic heterocycles. The summed E-state index contributed by atoms with van der Waals surface area (Å²) in [5.41, 5.74) is 0.894. The fourth-order valence-corrected chi connectivity index (χ4v) is 3.40. The van der Waals surface area contributed by atoms with Crippen LogP contribution in [0.3, 0.4) is 0 Å². The first kappa shape index (κ1) is 22.7. The van der Waals surface area contributed by atoms with Gasteiger partial charge in [0.05, 0.1) is 5.92 Å². The van der Waals surface area contributed by atoms with E-state index in [2.05, 4.69) is 0 Å². The third kappa shape index (κ3) is 6.74. The van der Waals surface area contributed by atoms with E-state index in [0.29, 0.717) is 39.0 Å². The number of amides is 2. The van der Waals surface area contributed by atoms with Crippen LogP contribution in [0.4, 0.5) is 4.79 Å². The second kappa shape index (κ2) is 11.4. The summed E-state index contributed by atoms with van der Waals surface area (Å²) in [5.74, 6) is -1.72. The summed E-state index contributed by atoms with van der Waals surface area (Å²) in [6, 6.07) is 8.46. The first-order valence-electron chi connectivity index (χ1n) is 9.92. The van der Waals surface area contributed by atoms with Crippen molar-refractivity contribution < 1.29 is 29.0 Å². The van der Waals surface area contributed by atoms with Crippen molar-refractivity contribution in [2.45, 2.75) is 38.8 Å². The number of rotatable bonds is 9. The molecule has 2 amide bonds. The molecule has 8 nitrogen and oxygen atoms in total. The molecule has 0 saturated carbocycles. The third-order valence-electron chi connectivity index (χ3n) is 5.09. The third-order valence-corrected chi connectivity index (χ3v) is 5.09. The van der Waals surface area contributed by atoms with Gasteiger partial charge >= 0.3 is 12.1 Å². The van der Waals surface area contributed by atoms with E-state index in [1.807, 2.05) is 30.3 Å². The van der Waals surface area contributed by atoms with Gasteiger partial charge in [0, 0.05) is 33.4 Å². The molecule has 1 saturated heterocycles. The molecule has 0 bridgehead atoms. The lowest BCUT2D eigenvalue weighted by atomic mass is 9.96. The number of carbonyl (C=O) groups excluding carboxylic acids is 2. The van der Waals surface area contributed by atoms with Gasteiger partial charge in [-0.3, -0.25) is 4.79 Å². The highest BCUT2D eigenvalue weighted by atomic mass is 16.6.